The predicted molar refractivity (Wildman–Crippen MR) is 46.1 cm³/mol. The van der Waals surface area contributed by atoms with Crippen molar-refractivity contribution in [1.82, 2.24) is 0 Å². The van der Waals surface area contributed by atoms with Gasteiger partial charge in [0.05, 0.1) is 0 Å². The van der Waals surface area contributed by atoms with E-state index in [0.29, 0.717) is 11.7 Å². The number of carbonyl (C=O) groups excluding carboxylic acids is 1. The van der Waals surface area contributed by atoms with E-state index >= 15 is 0 Å². The Hall–Kier alpha value is -0.330. The van der Waals surface area contributed by atoms with E-state index in [-0.39, 0.29) is 5.41 Å². The van der Waals surface area contributed by atoms with Gasteiger partial charge in [-0.1, -0.05) is 27.7 Å². The Kier molecular flexibility index (Phi) is 2.08. The molecule has 1 atom stereocenters. The first kappa shape index (κ1) is 8.76. The Bertz CT molecular complexity index is 168. The second kappa shape index (κ2) is 2.62. The SMILES string of the molecule is C[C](C)CC1CC(=O)C1(C)C. The third kappa shape index (κ3) is 1.47. The molecule has 1 unspecified atom stereocenters. The monoisotopic (exact) mass is 153 g/mol. The van der Waals surface area contributed by atoms with Gasteiger partial charge < -0.3 is 0 Å². The average molecular weight is 153 g/mol. The fourth-order valence-corrected chi connectivity index (χ4v) is 1.66. The standard InChI is InChI=1S/C10H17O/c1-7(2)5-8-6-9(11)10(8,3)4/h8H,5-6H2,1-4H3. The van der Waals surface area contributed by atoms with Crippen LogP contribution in [0.5, 0.6) is 0 Å². The molecule has 1 heteroatoms. The highest BCUT2D eigenvalue weighted by Gasteiger charge is 2.46. The van der Waals surface area contributed by atoms with Gasteiger partial charge in [-0.3, -0.25) is 4.79 Å². The van der Waals surface area contributed by atoms with Crippen molar-refractivity contribution >= 4 is 5.78 Å². The molecule has 0 heterocycles. The van der Waals surface area contributed by atoms with Gasteiger partial charge in [-0.15, -0.1) is 0 Å². The number of carbonyl (C=O) groups is 1. The zero-order valence-electron chi connectivity index (χ0n) is 7.90. The summed E-state index contributed by atoms with van der Waals surface area (Å²) in [5.74, 6) is 2.49. The normalized spacial score (nSPS) is 28.8. The molecule has 0 saturated heterocycles. The number of rotatable bonds is 2. The fourth-order valence-electron chi connectivity index (χ4n) is 1.66. The van der Waals surface area contributed by atoms with Crippen LogP contribution in [0.2, 0.25) is 0 Å². The fraction of sp³-hybridized carbons (Fsp3) is 0.800. The summed E-state index contributed by atoms with van der Waals surface area (Å²) in [6, 6.07) is 0. The second-order valence-corrected chi connectivity index (χ2v) is 4.46. The first-order valence-corrected chi connectivity index (χ1v) is 4.27. The number of hydrogen-bond donors (Lipinski definition) is 0. The molecular weight excluding hydrogens is 136 g/mol. The Balaban J connectivity index is 2.46. The summed E-state index contributed by atoms with van der Waals surface area (Å²) in [6.07, 6.45) is 1.93. The Labute approximate surface area is 69.2 Å². The molecule has 0 aromatic heterocycles. The lowest BCUT2D eigenvalue weighted by Gasteiger charge is -2.43. The molecule has 1 fully saturated rings. The van der Waals surface area contributed by atoms with Gasteiger partial charge in [0.1, 0.15) is 5.78 Å². The first-order valence-electron chi connectivity index (χ1n) is 4.27. The summed E-state index contributed by atoms with van der Waals surface area (Å²) in [5.41, 5.74) is -0.0305. The van der Waals surface area contributed by atoms with Crippen molar-refractivity contribution in [2.24, 2.45) is 11.3 Å². The van der Waals surface area contributed by atoms with Crippen molar-refractivity contribution in [3.63, 3.8) is 0 Å². The summed E-state index contributed by atoms with van der Waals surface area (Å²) in [7, 11) is 0. The summed E-state index contributed by atoms with van der Waals surface area (Å²) < 4.78 is 0. The molecular formula is C10H17O. The van der Waals surface area contributed by atoms with E-state index < -0.39 is 0 Å². The van der Waals surface area contributed by atoms with Crippen LogP contribution in [0.15, 0.2) is 0 Å². The van der Waals surface area contributed by atoms with Crippen molar-refractivity contribution in [1.29, 1.82) is 0 Å². The second-order valence-electron chi connectivity index (χ2n) is 4.46. The maximum absolute atomic E-state index is 11.1. The van der Waals surface area contributed by atoms with E-state index in [1.165, 1.54) is 5.92 Å². The van der Waals surface area contributed by atoms with Crippen LogP contribution >= 0.6 is 0 Å². The lowest BCUT2D eigenvalue weighted by Crippen LogP contribution is -2.45. The van der Waals surface area contributed by atoms with Crippen LogP contribution in [0.4, 0.5) is 0 Å². The van der Waals surface area contributed by atoms with Crippen LogP contribution in [-0.2, 0) is 4.79 Å². The minimum Gasteiger partial charge on any atom is -0.299 e. The van der Waals surface area contributed by atoms with E-state index in [1.54, 1.807) is 0 Å². The maximum atomic E-state index is 11.1. The number of ketones is 1. The van der Waals surface area contributed by atoms with Gasteiger partial charge in [0.2, 0.25) is 0 Å². The van der Waals surface area contributed by atoms with Crippen LogP contribution in [-0.4, -0.2) is 5.78 Å². The molecule has 11 heavy (non-hydrogen) atoms. The summed E-state index contributed by atoms with van der Waals surface area (Å²) in [4.78, 5) is 11.1. The van der Waals surface area contributed by atoms with Gasteiger partial charge >= 0.3 is 0 Å². The molecule has 0 aromatic rings. The van der Waals surface area contributed by atoms with Gasteiger partial charge in [-0.2, -0.15) is 0 Å². The molecule has 0 bridgehead atoms. The zero-order valence-corrected chi connectivity index (χ0v) is 7.90. The first-order chi connectivity index (χ1) is 4.94. The van der Waals surface area contributed by atoms with Crippen LogP contribution in [0.3, 0.4) is 0 Å². The summed E-state index contributed by atoms with van der Waals surface area (Å²) in [5, 5.41) is 0. The lowest BCUT2D eigenvalue weighted by molar-refractivity contribution is -0.142. The van der Waals surface area contributed by atoms with Gasteiger partial charge in [-0.05, 0) is 18.3 Å². The third-order valence-electron chi connectivity index (χ3n) is 2.83. The van der Waals surface area contributed by atoms with E-state index in [2.05, 4.69) is 27.7 Å². The van der Waals surface area contributed by atoms with E-state index in [4.69, 9.17) is 0 Å². The molecule has 0 aromatic carbocycles. The molecule has 1 aliphatic carbocycles. The topological polar surface area (TPSA) is 17.1 Å². The molecule has 1 aliphatic rings. The van der Waals surface area contributed by atoms with Gasteiger partial charge in [0.15, 0.2) is 0 Å². The smallest absolute Gasteiger partial charge is 0.139 e. The number of hydrogen-bond acceptors (Lipinski definition) is 1. The highest BCUT2D eigenvalue weighted by atomic mass is 16.1. The third-order valence-corrected chi connectivity index (χ3v) is 2.83. The van der Waals surface area contributed by atoms with E-state index in [0.717, 1.165) is 12.8 Å². The number of Topliss-reactive ketones (excluding diaryl/α,β-unsaturated/α-hetero) is 1. The minimum absolute atomic E-state index is 0.0305. The van der Waals surface area contributed by atoms with Crippen LogP contribution in [0.25, 0.3) is 0 Å². The Morgan fingerprint density at radius 3 is 2.36 bits per heavy atom. The van der Waals surface area contributed by atoms with Crippen molar-refractivity contribution in [3.8, 4) is 0 Å². The molecule has 0 N–H and O–H groups in total. The van der Waals surface area contributed by atoms with Crippen LogP contribution in [0.1, 0.15) is 40.5 Å². The minimum atomic E-state index is -0.0305. The Morgan fingerprint density at radius 2 is 2.09 bits per heavy atom. The molecule has 1 saturated carbocycles. The van der Waals surface area contributed by atoms with Crippen LogP contribution in [0, 0.1) is 17.3 Å². The lowest BCUT2D eigenvalue weighted by atomic mass is 9.59. The van der Waals surface area contributed by atoms with Gasteiger partial charge in [-0.25, -0.2) is 0 Å². The largest absolute Gasteiger partial charge is 0.299 e. The molecule has 0 amide bonds. The summed E-state index contributed by atoms with van der Waals surface area (Å²) in [6.45, 7) is 8.40. The molecule has 1 nitrogen and oxygen atoms in total. The Morgan fingerprint density at radius 1 is 1.55 bits per heavy atom. The molecule has 1 rings (SSSR count). The molecule has 0 aliphatic heterocycles. The van der Waals surface area contributed by atoms with Crippen LogP contribution < -0.4 is 0 Å². The maximum Gasteiger partial charge on any atom is 0.139 e. The average Bonchev–Trinajstić information content (AvgIpc) is 1.87. The van der Waals surface area contributed by atoms with Gasteiger partial charge in [0.25, 0.3) is 0 Å². The highest BCUT2D eigenvalue weighted by molar-refractivity contribution is 5.90. The van der Waals surface area contributed by atoms with E-state index in [1.807, 2.05) is 0 Å². The van der Waals surface area contributed by atoms with Crippen molar-refractivity contribution in [2.45, 2.75) is 40.5 Å². The van der Waals surface area contributed by atoms with Crippen molar-refractivity contribution < 1.29 is 4.79 Å². The molecule has 63 valence electrons. The van der Waals surface area contributed by atoms with Crippen molar-refractivity contribution in [2.75, 3.05) is 0 Å². The van der Waals surface area contributed by atoms with Gasteiger partial charge in [0, 0.05) is 11.8 Å². The van der Waals surface area contributed by atoms with Crippen molar-refractivity contribution in [3.05, 3.63) is 5.92 Å². The predicted octanol–water partition coefficient (Wildman–Crippen LogP) is 2.61. The highest BCUT2D eigenvalue weighted by Crippen LogP contribution is 2.45. The quantitative estimate of drug-likeness (QED) is 0.596. The van der Waals surface area contributed by atoms with E-state index in [9.17, 15) is 4.79 Å². The zero-order chi connectivity index (χ0) is 8.65. The molecule has 1 radical (unpaired) electrons. The molecule has 0 spiro atoms. The summed E-state index contributed by atoms with van der Waals surface area (Å²) >= 11 is 0.